The number of ether oxygens (including phenoxy) is 1. The Bertz CT molecular complexity index is 382. The summed E-state index contributed by atoms with van der Waals surface area (Å²) in [6.45, 7) is 4.33. The summed E-state index contributed by atoms with van der Waals surface area (Å²) in [6, 6.07) is 3.35. The van der Waals surface area contributed by atoms with Crippen molar-refractivity contribution in [3.8, 4) is 5.88 Å². The molecule has 5 nitrogen and oxygen atoms in total. The van der Waals surface area contributed by atoms with E-state index in [-0.39, 0.29) is 18.6 Å². The Hall–Kier alpha value is -1.62. The summed E-state index contributed by atoms with van der Waals surface area (Å²) in [5.41, 5.74) is 0.427. The van der Waals surface area contributed by atoms with Gasteiger partial charge >= 0.3 is 0 Å². The molecule has 1 unspecified atom stereocenters. The smallest absolute Gasteiger partial charge is 0.256 e. The molecule has 100 valence electrons. The molecule has 1 atom stereocenters. The highest BCUT2D eigenvalue weighted by molar-refractivity contribution is 5.96. The van der Waals surface area contributed by atoms with E-state index in [4.69, 9.17) is 9.84 Å². The number of nitrogens with one attached hydrogen (secondary N) is 1. The molecule has 5 heteroatoms. The van der Waals surface area contributed by atoms with Crippen LogP contribution in [0.25, 0.3) is 0 Å². The van der Waals surface area contributed by atoms with Crippen molar-refractivity contribution in [2.24, 2.45) is 0 Å². The Morgan fingerprint density at radius 2 is 2.33 bits per heavy atom. The van der Waals surface area contributed by atoms with Crippen LogP contribution in [0, 0.1) is 0 Å². The van der Waals surface area contributed by atoms with Crippen molar-refractivity contribution in [3.63, 3.8) is 0 Å². The highest BCUT2D eigenvalue weighted by Gasteiger charge is 2.16. The summed E-state index contributed by atoms with van der Waals surface area (Å²) in [7, 11) is 0. The third-order valence-corrected chi connectivity index (χ3v) is 2.60. The van der Waals surface area contributed by atoms with Crippen LogP contribution in [0.15, 0.2) is 18.3 Å². The van der Waals surface area contributed by atoms with Gasteiger partial charge < -0.3 is 15.2 Å². The largest absolute Gasteiger partial charge is 0.477 e. The fraction of sp³-hybridized carbons (Fsp3) is 0.538. The summed E-state index contributed by atoms with van der Waals surface area (Å²) in [4.78, 5) is 16.1. The third kappa shape index (κ3) is 4.00. The van der Waals surface area contributed by atoms with E-state index in [1.807, 2.05) is 13.8 Å². The fourth-order valence-electron chi connectivity index (χ4n) is 1.61. The molecule has 2 N–H and O–H groups in total. The molecular weight excluding hydrogens is 232 g/mol. The van der Waals surface area contributed by atoms with Gasteiger partial charge in [0.1, 0.15) is 5.56 Å². The lowest BCUT2D eigenvalue weighted by atomic mass is 10.1. The second kappa shape index (κ2) is 7.66. The maximum absolute atomic E-state index is 12.1. The van der Waals surface area contributed by atoms with Crippen LogP contribution < -0.4 is 10.1 Å². The zero-order valence-corrected chi connectivity index (χ0v) is 10.8. The van der Waals surface area contributed by atoms with Crippen LogP contribution in [-0.4, -0.2) is 35.3 Å². The van der Waals surface area contributed by atoms with Gasteiger partial charge in [-0.05, 0) is 31.9 Å². The Morgan fingerprint density at radius 3 is 2.94 bits per heavy atom. The van der Waals surface area contributed by atoms with Crippen molar-refractivity contribution in [1.82, 2.24) is 10.3 Å². The van der Waals surface area contributed by atoms with Gasteiger partial charge in [0, 0.05) is 18.8 Å². The standard InChI is InChI=1S/C13H20N2O3/c1-3-10(7-9-16)15-12(17)11-6-5-8-14-13(11)18-4-2/h5-6,8,10,16H,3-4,7,9H2,1-2H3,(H,15,17). The van der Waals surface area contributed by atoms with Gasteiger partial charge in [0.05, 0.1) is 6.61 Å². The minimum absolute atomic E-state index is 0.0304. The molecular formula is C13H20N2O3. The van der Waals surface area contributed by atoms with Gasteiger partial charge in [0.25, 0.3) is 5.91 Å². The molecule has 1 amide bonds. The maximum atomic E-state index is 12.1. The first-order chi connectivity index (χ1) is 8.72. The first-order valence-corrected chi connectivity index (χ1v) is 6.22. The molecule has 0 aliphatic carbocycles. The van der Waals surface area contributed by atoms with Gasteiger partial charge in [-0.1, -0.05) is 6.92 Å². The van der Waals surface area contributed by atoms with E-state index in [1.54, 1.807) is 18.3 Å². The van der Waals surface area contributed by atoms with Gasteiger partial charge in [-0.2, -0.15) is 0 Å². The van der Waals surface area contributed by atoms with E-state index in [1.165, 1.54) is 0 Å². The molecule has 0 bridgehead atoms. The molecule has 0 aromatic carbocycles. The number of pyridine rings is 1. The lowest BCUT2D eigenvalue weighted by Crippen LogP contribution is -2.35. The van der Waals surface area contributed by atoms with E-state index in [9.17, 15) is 4.79 Å². The molecule has 0 fully saturated rings. The Balaban J connectivity index is 2.76. The number of aliphatic hydroxyl groups excluding tert-OH is 1. The molecule has 0 radical (unpaired) electrons. The number of carbonyl (C=O) groups excluding carboxylic acids is 1. The molecule has 1 heterocycles. The van der Waals surface area contributed by atoms with Crippen molar-refractivity contribution < 1.29 is 14.6 Å². The molecule has 18 heavy (non-hydrogen) atoms. The first-order valence-electron chi connectivity index (χ1n) is 6.22. The number of aliphatic hydroxyl groups is 1. The van der Waals surface area contributed by atoms with Crippen LogP contribution >= 0.6 is 0 Å². The highest BCUT2D eigenvalue weighted by atomic mass is 16.5. The lowest BCUT2D eigenvalue weighted by Gasteiger charge is -2.16. The van der Waals surface area contributed by atoms with Crippen LogP contribution in [0.3, 0.4) is 0 Å². The summed E-state index contributed by atoms with van der Waals surface area (Å²) < 4.78 is 5.31. The predicted octanol–water partition coefficient (Wildman–Crippen LogP) is 1.37. The van der Waals surface area contributed by atoms with Gasteiger partial charge in [-0.15, -0.1) is 0 Å². The predicted molar refractivity (Wildman–Crippen MR) is 68.7 cm³/mol. The van der Waals surface area contributed by atoms with E-state index < -0.39 is 0 Å². The maximum Gasteiger partial charge on any atom is 0.256 e. The quantitative estimate of drug-likeness (QED) is 0.769. The Kier molecular flexibility index (Phi) is 6.14. The molecule has 0 saturated heterocycles. The molecule has 1 aromatic heterocycles. The summed E-state index contributed by atoms with van der Waals surface area (Å²) in [5, 5.41) is 11.8. The molecule has 0 spiro atoms. The molecule has 0 aliphatic heterocycles. The number of hydrogen-bond acceptors (Lipinski definition) is 4. The number of carbonyl (C=O) groups is 1. The second-order valence-corrected chi connectivity index (χ2v) is 3.88. The van der Waals surface area contributed by atoms with E-state index in [2.05, 4.69) is 10.3 Å². The zero-order chi connectivity index (χ0) is 13.4. The fourth-order valence-corrected chi connectivity index (χ4v) is 1.61. The number of aromatic nitrogens is 1. The van der Waals surface area contributed by atoms with E-state index >= 15 is 0 Å². The third-order valence-electron chi connectivity index (χ3n) is 2.60. The molecule has 0 saturated carbocycles. The van der Waals surface area contributed by atoms with Crippen LogP contribution in [-0.2, 0) is 0 Å². The molecule has 0 aliphatic rings. The lowest BCUT2D eigenvalue weighted by molar-refractivity contribution is 0.0924. The molecule has 1 rings (SSSR count). The van der Waals surface area contributed by atoms with Gasteiger partial charge in [0.2, 0.25) is 5.88 Å². The Morgan fingerprint density at radius 1 is 1.56 bits per heavy atom. The van der Waals surface area contributed by atoms with E-state index in [0.29, 0.717) is 24.5 Å². The number of hydrogen-bond donors (Lipinski definition) is 2. The number of rotatable bonds is 7. The summed E-state index contributed by atoms with van der Waals surface area (Å²) in [5.74, 6) is 0.128. The minimum atomic E-state index is -0.216. The average molecular weight is 252 g/mol. The SMILES string of the molecule is CCOc1ncccc1C(=O)NC(CC)CCO. The Labute approximate surface area is 107 Å². The monoisotopic (exact) mass is 252 g/mol. The van der Waals surface area contributed by atoms with Crippen LogP contribution in [0.2, 0.25) is 0 Å². The normalized spacial score (nSPS) is 11.9. The van der Waals surface area contributed by atoms with Crippen molar-refractivity contribution in [2.75, 3.05) is 13.2 Å². The second-order valence-electron chi connectivity index (χ2n) is 3.88. The van der Waals surface area contributed by atoms with E-state index in [0.717, 1.165) is 6.42 Å². The molecule has 1 aromatic rings. The van der Waals surface area contributed by atoms with Gasteiger partial charge in [-0.25, -0.2) is 4.98 Å². The van der Waals surface area contributed by atoms with Crippen LogP contribution in [0.4, 0.5) is 0 Å². The van der Waals surface area contributed by atoms with Gasteiger partial charge in [0.15, 0.2) is 0 Å². The summed E-state index contributed by atoms with van der Waals surface area (Å²) in [6.07, 6.45) is 2.91. The topological polar surface area (TPSA) is 71.5 Å². The highest BCUT2D eigenvalue weighted by Crippen LogP contribution is 2.14. The summed E-state index contributed by atoms with van der Waals surface area (Å²) >= 11 is 0. The van der Waals surface area contributed by atoms with Crippen molar-refractivity contribution in [2.45, 2.75) is 32.7 Å². The number of nitrogens with zero attached hydrogens (tertiary/aromatic N) is 1. The van der Waals surface area contributed by atoms with Crippen molar-refractivity contribution in [1.29, 1.82) is 0 Å². The van der Waals surface area contributed by atoms with Crippen molar-refractivity contribution >= 4 is 5.91 Å². The number of amides is 1. The van der Waals surface area contributed by atoms with Crippen LogP contribution in [0.1, 0.15) is 37.0 Å². The first kappa shape index (κ1) is 14.4. The average Bonchev–Trinajstić information content (AvgIpc) is 2.39. The minimum Gasteiger partial charge on any atom is -0.477 e. The van der Waals surface area contributed by atoms with Crippen LogP contribution in [0.5, 0.6) is 5.88 Å². The van der Waals surface area contributed by atoms with Crippen molar-refractivity contribution in [3.05, 3.63) is 23.9 Å². The van der Waals surface area contributed by atoms with Gasteiger partial charge in [-0.3, -0.25) is 4.79 Å². The zero-order valence-electron chi connectivity index (χ0n) is 10.8.